The molecular weight excluding hydrogens is 361 g/mol. The lowest BCUT2D eigenvalue weighted by Gasteiger charge is -2.32. The Morgan fingerprint density at radius 3 is 2.93 bits per heavy atom. The van der Waals surface area contributed by atoms with Gasteiger partial charge in [-0.25, -0.2) is 4.39 Å². The Hall–Kier alpha value is -3.16. The molecule has 4 rings (SSSR count). The first-order valence-electron chi connectivity index (χ1n) is 9.27. The average molecular weight is 383 g/mol. The number of amides is 1. The van der Waals surface area contributed by atoms with E-state index >= 15 is 0 Å². The summed E-state index contributed by atoms with van der Waals surface area (Å²) in [5, 5.41) is 11.4. The van der Waals surface area contributed by atoms with Crippen LogP contribution in [0.3, 0.4) is 0 Å². The van der Waals surface area contributed by atoms with Gasteiger partial charge in [0.05, 0.1) is 13.0 Å². The van der Waals surface area contributed by atoms with Crippen molar-refractivity contribution in [1.82, 2.24) is 14.6 Å². The summed E-state index contributed by atoms with van der Waals surface area (Å²) in [5.41, 5.74) is 2.25. The lowest BCUT2D eigenvalue weighted by atomic mass is 9.97. The van der Waals surface area contributed by atoms with Crippen molar-refractivity contribution in [2.45, 2.75) is 19.8 Å². The normalized spacial score (nSPS) is 17.0. The first-order chi connectivity index (χ1) is 13.6. The minimum absolute atomic E-state index is 0.125. The molecule has 1 atom stereocenters. The van der Waals surface area contributed by atoms with E-state index in [1.165, 1.54) is 19.2 Å². The van der Waals surface area contributed by atoms with E-state index < -0.39 is 5.82 Å². The Labute approximate surface area is 162 Å². The smallest absolute Gasteiger partial charge is 0.231 e. The second-order valence-corrected chi connectivity index (χ2v) is 6.98. The minimum Gasteiger partial charge on any atom is -0.494 e. The molecule has 0 aliphatic carbocycles. The predicted molar refractivity (Wildman–Crippen MR) is 104 cm³/mol. The number of hydrogen-bond donors (Lipinski definition) is 1. The number of piperidine rings is 1. The van der Waals surface area contributed by atoms with Crippen molar-refractivity contribution in [1.29, 1.82) is 0 Å². The van der Waals surface area contributed by atoms with Gasteiger partial charge in [-0.1, -0.05) is 6.07 Å². The number of aryl methyl sites for hydroxylation is 1. The van der Waals surface area contributed by atoms with Crippen LogP contribution in [-0.2, 0) is 4.79 Å². The molecule has 7 nitrogen and oxygen atoms in total. The zero-order valence-corrected chi connectivity index (χ0v) is 15.9. The molecular formula is C20H22FN5O2. The van der Waals surface area contributed by atoms with E-state index in [0.717, 1.165) is 36.7 Å². The molecule has 2 aromatic heterocycles. The molecule has 0 radical (unpaired) electrons. The van der Waals surface area contributed by atoms with Gasteiger partial charge in [0.15, 0.2) is 17.2 Å². The number of halogens is 1. The fourth-order valence-corrected chi connectivity index (χ4v) is 3.65. The lowest BCUT2D eigenvalue weighted by Crippen LogP contribution is -2.41. The van der Waals surface area contributed by atoms with E-state index in [0.29, 0.717) is 12.2 Å². The van der Waals surface area contributed by atoms with Crippen molar-refractivity contribution in [2.75, 3.05) is 30.4 Å². The van der Waals surface area contributed by atoms with Crippen LogP contribution in [0.5, 0.6) is 5.75 Å². The number of pyridine rings is 1. The van der Waals surface area contributed by atoms with Gasteiger partial charge in [0.2, 0.25) is 11.9 Å². The highest BCUT2D eigenvalue weighted by molar-refractivity contribution is 5.93. The molecule has 146 valence electrons. The largest absolute Gasteiger partial charge is 0.494 e. The van der Waals surface area contributed by atoms with Crippen molar-refractivity contribution in [3.8, 4) is 5.75 Å². The van der Waals surface area contributed by atoms with Crippen LogP contribution in [-0.4, -0.2) is 40.7 Å². The molecule has 0 unspecified atom stereocenters. The second kappa shape index (κ2) is 7.46. The molecule has 8 heteroatoms. The number of nitrogens with one attached hydrogen (secondary N) is 1. The molecule has 0 spiro atoms. The standard InChI is InChI=1S/C20H22FN5O2/c1-13-5-3-7-18-23-24-20(26(13)18)25-10-4-6-14(12-25)19(27)22-15-8-9-17(28-2)16(21)11-15/h3,5,7-9,11,14H,4,6,10,12H2,1-2H3,(H,22,27)/t14-/m1/s1. The maximum absolute atomic E-state index is 13.9. The van der Waals surface area contributed by atoms with Crippen molar-refractivity contribution >= 4 is 23.2 Å². The van der Waals surface area contributed by atoms with E-state index in [9.17, 15) is 9.18 Å². The van der Waals surface area contributed by atoms with Crippen molar-refractivity contribution in [2.24, 2.45) is 5.92 Å². The molecule has 3 heterocycles. The number of carbonyl (C=O) groups is 1. The molecule has 1 fully saturated rings. The number of fused-ring (bicyclic) bond motifs is 1. The van der Waals surface area contributed by atoms with Gasteiger partial charge in [0.25, 0.3) is 0 Å². The highest BCUT2D eigenvalue weighted by atomic mass is 19.1. The Morgan fingerprint density at radius 2 is 2.14 bits per heavy atom. The predicted octanol–water partition coefficient (Wildman–Crippen LogP) is 3.04. The summed E-state index contributed by atoms with van der Waals surface area (Å²) in [6, 6.07) is 10.3. The Bertz CT molecular complexity index is 1020. The summed E-state index contributed by atoms with van der Waals surface area (Å²) in [6.07, 6.45) is 1.65. The van der Waals surface area contributed by atoms with Crippen LogP contribution < -0.4 is 15.0 Å². The van der Waals surface area contributed by atoms with Gasteiger partial charge < -0.3 is 15.0 Å². The summed E-state index contributed by atoms with van der Waals surface area (Å²) < 4.78 is 20.8. The summed E-state index contributed by atoms with van der Waals surface area (Å²) >= 11 is 0. The molecule has 1 N–H and O–H groups in total. The van der Waals surface area contributed by atoms with Gasteiger partial charge in [-0.05, 0) is 44.0 Å². The van der Waals surface area contributed by atoms with Crippen LogP contribution >= 0.6 is 0 Å². The van der Waals surface area contributed by atoms with Gasteiger partial charge in [0, 0.05) is 30.5 Å². The molecule has 1 saturated heterocycles. The second-order valence-electron chi connectivity index (χ2n) is 6.98. The number of methoxy groups -OCH3 is 1. The van der Waals surface area contributed by atoms with Gasteiger partial charge in [-0.15, -0.1) is 10.2 Å². The molecule has 1 amide bonds. The summed E-state index contributed by atoms with van der Waals surface area (Å²) in [6.45, 7) is 3.36. The minimum atomic E-state index is -0.504. The molecule has 28 heavy (non-hydrogen) atoms. The fraction of sp³-hybridized carbons (Fsp3) is 0.350. The third-order valence-electron chi connectivity index (χ3n) is 5.10. The van der Waals surface area contributed by atoms with Crippen LogP contribution in [0.4, 0.5) is 16.0 Å². The van der Waals surface area contributed by atoms with E-state index in [-0.39, 0.29) is 17.6 Å². The number of rotatable bonds is 4. The number of nitrogens with zero attached hydrogens (tertiary/aromatic N) is 4. The first kappa shape index (κ1) is 18.2. The zero-order valence-electron chi connectivity index (χ0n) is 15.9. The van der Waals surface area contributed by atoms with E-state index in [1.54, 1.807) is 6.07 Å². The van der Waals surface area contributed by atoms with Crippen LogP contribution in [0, 0.1) is 18.7 Å². The number of hydrogen-bond acceptors (Lipinski definition) is 5. The van der Waals surface area contributed by atoms with E-state index in [2.05, 4.69) is 20.4 Å². The Kier molecular flexibility index (Phi) is 4.85. The number of benzene rings is 1. The number of ether oxygens (including phenoxy) is 1. The lowest BCUT2D eigenvalue weighted by molar-refractivity contribution is -0.120. The number of anilines is 2. The number of carbonyl (C=O) groups excluding carboxylic acids is 1. The maximum atomic E-state index is 13.9. The molecule has 0 saturated carbocycles. The van der Waals surface area contributed by atoms with E-state index in [1.807, 2.05) is 29.5 Å². The SMILES string of the molecule is COc1ccc(NC(=O)[C@@H]2CCCN(c3nnc4cccc(C)n34)C2)cc1F. The van der Waals surface area contributed by atoms with Crippen LogP contribution in [0.2, 0.25) is 0 Å². The monoisotopic (exact) mass is 383 g/mol. The highest BCUT2D eigenvalue weighted by Crippen LogP contribution is 2.25. The quantitative estimate of drug-likeness (QED) is 0.750. The Balaban J connectivity index is 1.50. The van der Waals surface area contributed by atoms with Crippen molar-refractivity contribution in [3.63, 3.8) is 0 Å². The third-order valence-corrected chi connectivity index (χ3v) is 5.10. The molecule has 3 aromatic rings. The van der Waals surface area contributed by atoms with Gasteiger partial charge >= 0.3 is 0 Å². The third kappa shape index (κ3) is 3.37. The maximum Gasteiger partial charge on any atom is 0.231 e. The van der Waals surface area contributed by atoms with Crippen LogP contribution in [0.1, 0.15) is 18.5 Å². The van der Waals surface area contributed by atoms with Gasteiger partial charge in [-0.2, -0.15) is 0 Å². The molecule has 1 aliphatic rings. The molecule has 1 aromatic carbocycles. The van der Waals surface area contributed by atoms with Crippen LogP contribution in [0.15, 0.2) is 36.4 Å². The zero-order chi connectivity index (χ0) is 19.7. The average Bonchev–Trinajstić information content (AvgIpc) is 3.14. The first-order valence-corrected chi connectivity index (χ1v) is 9.27. The van der Waals surface area contributed by atoms with Gasteiger partial charge in [0.1, 0.15) is 0 Å². The van der Waals surface area contributed by atoms with Crippen molar-refractivity contribution in [3.05, 3.63) is 47.9 Å². The van der Waals surface area contributed by atoms with E-state index in [4.69, 9.17) is 4.74 Å². The van der Waals surface area contributed by atoms with Gasteiger partial charge in [-0.3, -0.25) is 9.20 Å². The Morgan fingerprint density at radius 1 is 1.29 bits per heavy atom. The summed E-state index contributed by atoms with van der Waals surface area (Å²) in [7, 11) is 1.41. The van der Waals surface area contributed by atoms with Crippen molar-refractivity contribution < 1.29 is 13.9 Å². The topological polar surface area (TPSA) is 71.8 Å². The van der Waals surface area contributed by atoms with Crippen LogP contribution in [0.25, 0.3) is 5.65 Å². The molecule has 0 bridgehead atoms. The number of aromatic nitrogens is 3. The summed E-state index contributed by atoms with van der Waals surface area (Å²) in [4.78, 5) is 14.8. The fourth-order valence-electron chi connectivity index (χ4n) is 3.65. The molecule has 1 aliphatic heterocycles. The summed E-state index contributed by atoms with van der Waals surface area (Å²) in [5.74, 6) is 0.0584. The highest BCUT2D eigenvalue weighted by Gasteiger charge is 2.28.